The van der Waals surface area contributed by atoms with E-state index in [1.165, 1.54) is 0 Å². The predicted molar refractivity (Wildman–Crippen MR) is 24.9 cm³/mol. The van der Waals surface area contributed by atoms with E-state index >= 15 is 0 Å². The summed E-state index contributed by atoms with van der Waals surface area (Å²) in [6.45, 7) is 0. The number of carbonyl (C=O) groups is 1. The van der Waals surface area contributed by atoms with Crippen LogP contribution >= 0.6 is 0 Å². The van der Waals surface area contributed by atoms with Gasteiger partial charge in [-0.3, -0.25) is 0 Å². The van der Waals surface area contributed by atoms with Gasteiger partial charge in [-0.1, -0.05) is 0 Å². The Bertz CT molecular complexity index is 94.5. The first-order valence-corrected chi connectivity index (χ1v) is 2.77. The predicted octanol–water partition coefficient (Wildman–Crippen LogP) is -1.05. The largest absolute Gasteiger partial charge is 0 e. The quantitative estimate of drug-likeness (QED) is 0.395. The van der Waals surface area contributed by atoms with E-state index in [0.29, 0.717) is 0 Å². The fraction of sp³-hybridized carbons (Fsp3) is 0. The smallest absolute Gasteiger partial charge is 0 e. The molecule has 0 saturated heterocycles. The summed E-state index contributed by atoms with van der Waals surface area (Å²) in [5, 5.41) is 13.9. The third kappa shape index (κ3) is 315. The maximum Gasteiger partial charge on any atom is 0 e. The van der Waals surface area contributed by atoms with Crippen molar-refractivity contribution in [1.29, 1.82) is 0 Å². The van der Waals surface area contributed by atoms with Crippen LogP contribution in [0.5, 0.6) is 0 Å². The minimum Gasteiger partial charge on any atom is 0 e. The molecule has 0 amide bonds. The average molecular weight is 525 g/mol. The van der Waals surface area contributed by atoms with Gasteiger partial charge in [0.15, 0.2) is 0 Å². The van der Waals surface area contributed by atoms with E-state index in [4.69, 9.17) is 22.6 Å². The van der Waals surface area contributed by atoms with Crippen LogP contribution < -0.4 is 0 Å². The fourth-order valence-corrected chi connectivity index (χ4v) is 0. The molecule has 0 aromatic carbocycles. The van der Waals surface area contributed by atoms with Crippen molar-refractivity contribution in [3.8, 4) is 0 Å². The molecule has 0 fully saturated rings. The maximum absolute atomic E-state index is 8.56. The molecule has 5 nitrogen and oxygen atoms in total. The van der Waals surface area contributed by atoms with Gasteiger partial charge in [-0.05, 0) is 0 Å². The van der Waals surface area contributed by atoms with Crippen molar-refractivity contribution in [3.05, 3.63) is 0 Å². The first-order valence-electron chi connectivity index (χ1n) is 1.06. The SMILES string of the molecule is O=C(O)O.[Ag].[LiH].[Ni].[O]=[Ge]=[O].[W]. The first-order chi connectivity index (χ1) is 3.15. The molecule has 1 radical (unpaired) electrons. The molecule has 69 valence electrons. The van der Waals surface area contributed by atoms with E-state index in [-0.39, 0.29) is 78.8 Å². The van der Waals surface area contributed by atoms with E-state index in [2.05, 4.69) is 0 Å². The average Bonchev–Trinajstić information content (AvgIpc) is 1.33. The Hall–Kier alpha value is 1.93. The van der Waals surface area contributed by atoms with Crippen molar-refractivity contribution in [3.63, 3.8) is 0 Å². The summed E-state index contributed by atoms with van der Waals surface area (Å²) in [7, 11) is 0. The first kappa shape index (κ1) is 38.3. The van der Waals surface area contributed by atoms with Crippen molar-refractivity contribution in [2.24, 2.45) is 0 Å². The number of hydrogen-bond donors (Lipinski definition) is 2. The summed E-state index contributed by atoms with van der Waals surface area (Å²) < 4.78 is 17.0. The molecule has 0 bridgehead atoms. The fourth-order valence-electron chi connectivity index (χ4n) is 0. The molecule has 0 aliphatic rings. The molecule has 0 heterocycles. The van der Waals surface area contributed by atoms with E-state index in [0.717, 1.165) is 0 Å². The molecule has 0 spiro atoms. The van der Waals surface area contributed by atoms with Crippen LogP contribution in [-0.4, -0.2) is 50.5 Å². The standard InChI is InChI=1S/CH2O3.Ag.GeO2.Li.Ni.W.H/c2-1(3)4;;2-1-3;;;;/h(H2,2,3,4);;;;;;. The molecule has 10 heteroatoms. The summed E-state index contributed by atoms with van der Waals surface area (Å²) in [5.41, 5.74) is 0. The van der Waals surface area contributed by atoms with Crippen molar-refractivity contribution >= 4 is 40.3 Å². The Kier molecular flexibility index (Phi) is 141. The van der Waals surface area contributed by atoms with Gasteiger partial charge in [0.2, 0.25) is 0 Å². The van der Waals surface area contributed by atoms with Gasteiger partial charge in [0.05, 0.1) is 0 Å². The van der Waals surface area contributed by atoms with Gasteiger partial charge in [-0.2, -0.15) is 0 Å². The molecule has 2 N–H and O–H groups in total. The summed E-state index contributed by atoms with van der Waals surface area (Å²) in [6.07, 6.45) is -1.83. The zero-order valence-corrected chi connectivity index (χ0v) is 11.6. The van der Waals surface area contributed by atoms with Crippen LogP contribution in [0.4, 0.5) is 4.79 Å². The van der Waals surface area contributed by atoms with Crippen LogP contribution in [0.3, 0.4) is 0 Å². The molecule has 0 atom stereocenters. The number of rotatable bonds is 0. The Morgan fingerprint density at radius 1 is 1.18 bits per heavy atom. The minimum atomic E-state index is -2.00. The summed E-state index contributed by atoms with van der Waals surface area (Å²) >= 11 is -2.00. The number of hydrogen-bond acceptors (Lipinski definition) is 3. The summed E-state index contributed by atoms with van der Waals surface area (Å²) in [5.74, 6) is 0. The van der Waals surface area contributed by atoms with E-state index in [1.54, 1.807) is 0 Å². The molecular formula is CH3AgGeLiNiO5W. The molecule has 0 rings (SSSR count). The minimum absolute atomic E-state index is 0. The topological polar surface area (TPSA) is 91.7 Å². The van der Waals surface area contributed by atoms with Crippen LogP contribution in [0.1, 0.15) is 0 Å². The molecule has 0 saturated carbocycles. The second kappa shape index (κ2) is 40.5. The van der Waals surface area contributed by atoms with Gasteiger partial charge in [0.1, 0.15) is 0 Å². The molecule has 0 aliphatic carbocycles. The summed E-state index contributed by atoms with van der Waals surface area (Å²) in [6, 6.07) is 0. The molecular weight excluding hydrogens is 522 g/mol. The van der Waals surface area contributed by atoms with Gasteiger partial charge >= 0.3 is 47.9 Å². The third-order valence-electron chi connectivity index (χ3n) is 0. The Morgan fingerprint density at radius 3 is 1.18 bits per heavy atom. The van der Waals surface area contributed by atoms with E-state index in [1.807, 2.05) is 0 Å². The maximum atomic E-state index is 8.56. The molecule has 0 aliphatic heterocycles. The monoisotopic (exact) mass is 525 g/mol. The van der Waals surface area contributed by atoms with Crippen molar-refractivity contribution in [2.75, 3.05) is 0 Å². The zero-order valence-electron chi connectivity index (χ0n) is 4.15. The van der Waals surface area contributed by atoms with Crippen molar-refractivity contribution in [1.82, 2.24) is 0 Å². The van der Waals surface area contributed by atoms with E-state index in [9.17, 15) is 0 Å². The Balaban J connectivity index is -0.00000000848. The van der Waals surface area contributed by atoms with Gasteiger partial charge in [0.25, 0.3) is 0 Å². The molecule has 0 aromatic rings. The van der Waals surface area contributed by atoms with Gasteiger partial charge in [-0.15, -0.1) is 0 Å². The van der Waals surface area contributed by atoms with E-state index < -0.39 is 21.5 Å². The molecule has 0 aromatic heterocycles. The van der Waals surface area contributed by atoms with Gasteiger partial charge < -0.3 is 10.2 Å². The third-order valence-corrected chi connectivity index (χ3v) is 0. The molecule has 0 unspecified atom stereocenters. The Morgan fingerprint density at radius 2 is 1.18 bits per heavy atom. The van der Waals surface area contributed by atoms with Gasteiger partial charge in [-0.25, -0.2) is 4.79 Å². The second-order valence-electron chi connectivity index (χ2n) is 0.366. The van der Waals surface area contributed by atoms with Crippen LogP contribution in [-0.2, 0) is 67.5 Å². The molecule has 11 heavy (non-hydrogen) atoms. The van der Waals surface area contributed by atoms with Crippen LogP contribution in [0.15, 0.2) is 0 Å². The van der Waals surface area contributed by atoms with Crippen LogP contribution in [0, 0.1) is 0 Å². The normalized spacial score (nSPS) is 2.91. The summed E-state index contributed by atoms with van der Waals surface area (Å²) in [4.78, 5) is 8.56. The second-order valence-corrected chi connectivity index (χ2v) is 0.716. The Labute approximate surface area is 121 Å². The van der Waals surface area contributed by atoms with Gasteiger partial charge in [0, 0.05) is 59.9 Å². The van der Waals surface area contributed by atoms with Crippen molar-refractivity contribution < 1.29 is 82.5 Å². The zero-order chi connectivity index (χ0) is 6.28. The van der Waals surface area contributed by atoms with Crippen LogP contribution in [0.2, 0.25) is 0 Å². The van der Waals surface area contributed by atoms with Crippen molar-refractivity contribution in [2.45, 2.75) is 0 Å². The van der Waals surface area contributed by atoms with Crippen LogP contribution in [0.25, 0.3) is 0 Å². The number of carboxylic acid groups (broad SMARTS) is 2.